The molecule has 2 aromatic carbocycles. The lowest BCUT2D eigenvalue weighted by Crippen LogP contribution is -2.45. The second kappa shape index (κ2) is 6.97. The molecule has 5 heteroatoms. The Labute approximate surface area is 145 Å². The molecule has 5 nitrogen and oxygen atoms in total. The zero-order valence-corrected chi connectivity index (χ0v) is 13.6. The minimum atomic E-state index is -0.405. The molecular formula is C20H16N2O3. The quantitative estimate of drug-likeness (QED) is 0.693. The number of amides is 1. The van der Waals surface area contributed by atoms with Crippen molar-refractivity contribution in [2.24, 2.45) is 0 Å². The van der Waals surface area contributed by atoms with Gasteiger partial charge in [0.1, 0.15) is 5.70 Å². The fraction of sp³-hybridized carbons (Fsp3) is 0.0500. The topological polar surface area (TPSA) is 66.5 Å². The third-order valence-electron chi connectivity index (χ3n) is 3.73. The molecule has 1 heterocycles. The van der Waals surface area contributed by atoms with E-state index in [1.807, 2.05) is 30.3 Å². The van der Waals surface area contributed by atoms with E-state index in [0.29, 0.717) is 11.3 Å². The molecule has 0 saturated heterocycles. The van der Waals surface area contributed by atoms with E-state index in [1.165, 1.54) is 19.1 Å². The zero-order chi connectivity index (χ0) is 17.8. The number of carbonyl (C=O) groups excluding carboxylic acids is 3. The molecular weight excluding hydrogens is 316 g/mol. The number of nitrogens with zero attached hydrogens (tertiary/aromatic N) is 1. The molecule has 0 saturated carbocycles. The van der Waals surface area contributed by atoms with Gasteiger partial charge in [-0.3, -0.25) is 19.8 Å². The molecule has 0 radical (unpaired) electrons. The van der Waals surface area contributed by atoms with Gasteiger partial charge in [-0.25, -0.2) is 5.01 Å². The van der Waals surface area contributed by atoms with Crippen LogP contribution in [-0.4, -0.2) is 22.5 Å². The Morgan fingerprint density at radius 1 is 0.960 bits per heavy atom. The molecule has 25 heavy (non-hydrogen) atoms. The SMILES string of the molecule is CC(=O)N1NC(c2ccccc2)=CC(=O)C1=CC(=O)c1ccccc1. The van der Waals surface area contributed by atoms with Crippen LogP contribution in [-0.2, 0) is 9.59 Å². The van der Waals surface area contributed by atoms with Crippen LogP contribution in [0.2, 0.25) is 0 Å². The predicted octanol–water partition coefficient (Wildman–Crippen LogP) is 2.73. The molecule has 0 bridgehead atoms. The molecule has 1 aliphatic heterocycles. The van der Waals surface area contributed by atoms with Crippen LogP contribution < -0.4 is 5.43 Å². The van der Waals surface area contributed by atoms with E-state index >= 15 is 0 Å². The number of benzene rings is 2. The number of hydrazine groups is 1. The maximum atomic E-state index is 12.5. The normalized spacial score (nSPS) is 15.6. The van der Waals surface area contributed by atoms with Gasteiger partial charge in [0.15, 0.2) is 5.78 Å². The summed E-state index contributed by atoms with van der Waals surface area (Å²) in [4.78, 5) is 36.9. The summed E-state index contributed by atoms with van der Waals surface area (Å²) in [5, 5.41) is 1.10. The fourth-order valence-electron chi connectivity index (χ4n) is 2.49. The Kier molecular flexibility index (Phi) is 4.57. The van der Waals surface area contributed by atoms with E-state index in [2.05, 4.69) is 5.43 Å². The van der Waals surface area contributed by atoms with E-state index in [9.17, 15) is 14.4 Å². The average molecular weight is 332 g/mol. The van der Waals surface area contributed by atoms with Crippen LogP contribution in [0.1, 0.15) is 22.8 Å². The highest BCUT2D eigenvalue weighted by atomic mass is 16.2. The highest BCUT2D eigenvalue weighted by molar-refractivity contribution is 6.16. The number of ketones is 2. The zero-order valence-electron chi connectivity index (χ0n) is 13.6. The van der Waals surface area contributed by atoms with Crippen molar-refractivity contribution in [2.75, 3.05) is 0 Å². The van der Waals surface area contributed by atoms with Gasteiger partial charge in [-0.1, -0.05) is 60.7 Å². The average Bonchev–Trinajstić information content (AvgIpc) is 2.64. The molecule has 0 aliphatic carbocycles. The first-order valence-corrected chi connectivity index (χ1v) is 7.76. The summed E-state index contributed by atoms with van der Waals surface area (Å²) in [7, 11) is 0. The Morgan fingerprint density at radius 2 is 1.56 bits per heavy atom. The number of hydrogen-bond donors (Lipinski definition) is 1. The summed E-state index contributed by atoms with van der Waals surface area (Å²) in [6.07, 6.45) is 2.57. The molecule has 0 atom stereocenters. The molecule has 3 rings (SSSR count). The Balaban J connectivity index is 1.98. The first-order valence-electron chi connectivity index (χ1n) is 7.76. The number of nitrogens with one attached hydrogen (secondary N) is 1. The van der Waals surface area contributed by atoms with E-state index in [-0.39, 0.29) is 17.4 Å². The van der Waals surface area contributed by atoms with Gasteiger partial charge in [-0.05, 0) is 5.56 Å². The molecule has 0 unspecified atom stereocenters. The monoisotopic (exact) mass is 332 g/mol. The predicted molar refractivity (Wildman–Crippen MR) is 93.9 cm³/mol. The maximum absolute atomic E-state index is 12.5. The van der Waals surface area contributed by atoms with Crippen molar-refractivity contribution in [3.05, 3.63) is 89.6 Å². The van der Waals surface area contributed by atoms with E-state index in [0.717, 1.165) is 10.6 Å². The molecule has 1 aliphatic rings. The van der Waals surface area contributed by atoms with Crippen molar-refractivity contribution in [1.29, 1.82) is 0 Å². The molecule has 1 N–H and O–H groups in total. The summed E-state index contributed by atoms with van der Waals surface area (Å²) in [6.45, 7) is 1.33. The van der Waals surface area contributed by atoms with Gasteiger partial charge in [-0.15, -0.1) is 0 Å². The first-order chi connectivity index (χ1) is 12.1. The van der Waals surface area contributed by atoms with Crippen LogP contribution >= 0.6 is 0 Å². The third-order valence-corrected chi connectivity index (χ3v) is 3.73. The van der Waals surface area contributed by atoms with E-state index in [1.54, 1.807) is 30.3 Å². The second-order valence-corrected chi connectivity index (χ2v) is 5.51. The highest BCUT2D eigenvalue weighted by Gasteiger charge is 2.27. The fourth-order valence-corrected chi connectivity index (χ4v) is 2.49. The molecule has 0 aromatic heterocycles. The molecule has 0 fully saturated rings. The molecule has 124 valence electrons. The third kappa shape index (κ3) is 3.55. The van der Waals surface area contributed by atoms with Crippen molar-refractivity contribution in [3.8, 4) is 0 Å². The lowest BCUT2D eigenvalue weighted by Gasteiger charge is -2.29. The van der Waals surface area contributed by atoms with Gasteiger partial charge >= 0.3 is 0 Å². The van der Waals surface area contributed by atoms with Gasteiger partial charge in [0.05, 0.1) is 5.70 Å². The van der Waals surface area contributed by atoms with Crippen molar-refractivity contribution in [2.45, 2.75) is 6.92 Å². The Morgan fingerprint density at radius 3 is 2.16 bits per heavy atom. The van der Waals surface area contributed by atoms with Crippen LogP contribution in [0, 0.1) is 0 Å². The maximum Gasteiger partial charge on any atom is 0.242 e. The smallest absolute Gasteiger partial charge is 0.242 e. The van der Waals surface area contributed by atoms with Gasteiger partial charge in [0.2, 0.25) is 11.7 Å². The summed E-state index contributed by atoms with van der Waals surface area (Å²) in [6, 6.07) is 17.8. The number of hydrogen-bond acceptors (Lipinski definition) is 4. The lowest BCUT2D eigenvalue weighted by molar-refractivity contribution is -0.131. The van der Waals surface area contributed by atoms with Gasteiger partial charge in [-0.2, -0.15) is 0 Å². The van der Waals surface area contributed by atoms with Gasteiger partial charge < -0.3 is 0 Å². The van der Waals surface area contributed by atoms with Crippen LogP contribution in [0.25, 0.3) is 5.70 Å². The standard InChI is InChI=1S/C20H16N2O3/c1-14(23)22-18(13-19(24)16-10-6-3-7-11-16)20(25)12-17(21-22)15-8-4-2-5-9-15/h2-13,21H,1H3. The van der Waals surface area contributed by atoms with Crippen molar-refractivity contribution >= 4 is 23.2 Å². The minimum absolute atomic E-state index is 0.000958. The molecule has 1 amide bonds. The summed E-state index contributed by atoms with van der Waals surface area (Å²) in [5.41, 5.74) is 4.64. The molecule has 2 aromatic rings. The van der Waals surface area contributed by atoms with E-state index in [4.69, 9.17) is 0 Å². The first kappa shape index (κ1) is 16.4. The van der Waals surface area contributed by atoms with Crippen molar-refractivity contribution < 1.29 is 14.4 Å². The Hall–Kier alpha value is -3.47. The second-order valence-electron chi connectivity index (χ2n) is 5.51. The lowest BCUT2D eigenvalue weighted by atomic mass is 10.0. The highest BCUT2D eigenvalue weighted by Crippen LogP contribution is 2.21. The number of rotatable bonds is 3. The summed E-state index contributed by atoms with van der Waals surface area (Å²) in [5.74, 6) is -1.13. The number of allylic oxidation sites excluding steroid dienone is 2. The van der Waals surface area contributed by atoms with Crippen LogP contribution in [0.5, 0.6) is 0 Å². The van der Waals surface area contributed by atoms with Crippen LogP contribution in [0.4, 0.5) is 0 Å². The van der Waals surface area contributed by atoms with Gasteiger partial charge in [0, 0.05) is 24.6 Å². The minimum Gasteiger partial charge on any atom is -0.291 e. The van der Waals surface area contributed by atoms with Gasteiger partial charge in [0.25, 0.3) is 0 Å². The van der Waals surface area contributed by atoms with Crippen LogP contribution in [0.15, 0.2) is 78.5 Å². The largest absolute Gasteiger partial charge is 0.291 e. The van der Waals surface area contributed by atoms with Crippen molar-refractivity contribution in [3.63, 3.8) is 0 Å². The summed E-state index contributed by atoms with van der Waals surface area (Å²) >= 11 is 0. The van der Waals surface area contributed by atoms with E-state index < -0.39 is 5.78 Å². The summed E-state index contributed by atoms with van der Waals surface area (Å²) < 4.78 is 0. The Bertz CT molecular complexity index is 884. The number of carbonyl (C=O) groups is 3. The molecule has 0 spiro atoms. The van der Waals surface area contributed by atoms with Crippen LogP contribution in [0.3, 0.4) is 0 Å². The van der Waals surface area contributed by atoms with Crippen molar-refractivity contribution in [1.82, 2.24) is 10.4 Å².